The minimum absolute atomic E-state index is 0.0317. The number of esters is 2. The maximum absolute atomic E-state index is 15.9. The van der Waals surface area contributed by atoms with Crippen LogP contribution in [0.5, 0.6) is 0 Å². The number of ether oxygens (including phenoxy) is 3. The molecule has 2 aliphatic rings. The van der Waals surface area contributed by atoms with Gasteiger partial charge in [-0.15, -0.1) is 0 Å². The molecule has 2 unspecified atom stereocenters. The molecule has 15 nitrogen and oxygen atoms in total. The Kier molecular flexibility index (Phi) is 29.3. The highest BCUT2D eigenvalue weighted by Crippen LogP contribution is 2.40. The van der Waals surface area contributed by atoms with Gasteiger partial charge in [-0.25, -0.2) is 22.4 Å². The average Bonchev–Trinajstić information content (AvgIpc) is 0.803. The number of carboxylic acid groups (broad SMARTS) is 1. The Hall–Kier alpha value is -7.21. The van der Waals surface area contributed by atoms with E-state index < -0.39 is 70.9 Å². The number of hydrogen-bond acceptors (Lipinski definition) is 12. The highest BCUT2D eigenvalue weighted by Gasteiger charge is 2.37. The van der Waals surface area contributed by atoms with Crippen LogP contribution in [-0.2, 0) is 52.4 Å². The van der Waals surface area contributed by atoms with Crippen molar-refractivity contribution in [2.75, 3.05) is 59.6 Å². The fraction of sp³-hybridized carbons (Fsp3) is 0.493. The van der Waals surface area contributed by atoms with Gasteiger partial charge in [-0.3, -0.25) is 28.9 Å². The lowest BCUT2D eigenvalue weighted by molar-refractivity contribution is -0.144. The van der Waals surface area contributed by atoms with E-state index in [9.17, 15) is 60.2 Å². The molecule has 4 atom stereocenters. The molecule has 2 aromatic heterocycles. The first-order chi connectivity index (χ1) is 46.4. The van der Waals surface area contributed by atoms with Crippen LogP contribution in [0.15, 0.2) is 82.6 Å². The van der Waals surface area contributed by atoms with Gasteiger partial charge in [-0.05, 0) is 207 Å². The zero-order valence-electron chi connectivity index (χ0n) is 58.5. The molecule has 0 radical (unpaired) electrons. The molecule has 99 heavy (non-hydrogen) atoms. The Bertz CT molecular complexity index is 3930. The molecule has 0 bridgehead atoms. The summed E-state index contributed by atoms with van der Waals surface area (Å²) in [5.74, 6) is -4.91. The molecule has 24 heteroatoms. The Morgan fingerprint density at radius 3 is 1.51 bits per heavy atom. The second-order valence-corrected chi connectivity index (χ2v) is 27.7. The first kappa shape index (κ1) is 80.8. The van der Waals surface area contributed by atoms with Crippen LogP contribution < -0.4 is 16.9 Å². The number of aryl methyl sites for hydroxylation is 5. The van der Waals surface area contributed by atoms with Crippen molar-refractivity contribution in [3.05, 3.63) is 183 Å². The van der Waals surface area contributed by atoms with Crippen LogP contribution >= 0.6 is 23.2 Å². The maximum atomic E-state index is 15.9. The van der Waals surface area contributed by atoms with E-state index in [1.54, 1.807) is 80.7 Å². The second-order valence-electron chi connectivity index (χ2n) is 26.8. The molecule has 540 valence electrons. The van der Waals surface area contributed by atoms with Crippen molar-refractivity contribution >= 4 is 46.9 Å². The maximum Gasteiger partial charge on any atom is 0.416 e. The molecule has 0 amide bonds. The molecule has 0 saturated carbocycles. The first-order valence-electron chi connectivity index (χ1n) is 33.3. The number of rotatable bonds is 27. The Balaban J connectivity index is 0.000000253. The summed E-state index contributed by atoms with van der Waals surface area (Å²) in [6, 6.07) is 10.9. The number of nitrogens with two attached hydrogens (primary N) is 1. The third-order valence-corrected chi connectivity index (χ3v) is 18.3. The smallest absolute Gasteiger partial charge is 0.416 e. The number of likely N-dealkylation sites (tertiary alicyclic amines) is 2. The van der Waals surface area contributed by atoms with Gasteiger partial charge in [-0.1, -0.05) is 57.8 Å². The minimum atomic E-state index is -4.67. The topological polar surface area (TPSA) is 193 Å². The van der Waals surface area contributed by atoms with Crippen molar-refractivity contribution in [2.45, 2.75) is 164 Å². The normalized spacial score (nSPS) is 14.9. The van der Waals surface area contributed by atoms with Crippen LogP contribution in [0, 0.1) is 75.6 Å². The molecular formula is C75H92Cl2F7N5O10. The third kappa shape index (κ3) is 21.9. The fourth-order valence-corrected chi connectivity index (χ4v) is 13.4. The zero-order valence-corrected chi connectivity index (χ0v) is 60.1. The average molecular weight is 1430 g/mol. The molecule has 3 N–H and O–H groups in total. The highest BCUT2D eigenvalue weighted by molar-refractivity contribution is 6.31. The minimum Gasteiger partial charge on any atom is -0.480 e. The molecule has 4 aromatic carbocycles. The standard InChI is InChI=1S/C38H47ClF2N2O4.C19H20ClF2NO2.C18H25F3N2O4/c1-8-47-36(46)18-28(31-15-29(16-32(39)38(31)41)37-25(6)12-30(40)13-26(37)7)17-34(44)33(11-22(2)3)43-21-27(24(5)14-35(43)45)9-10-42-19-23(4)20-42;1-4-25-17(24)9-16(23)14-7-12(8-15(20)19(14)22)18-10(2)5-13(21)6-11(18)3;1-11(2)6-15(17(25)26)23-8-12(4-5-22-9-13(10-22)27-3)14(7-16(23)24)18(19,20)21/h12-16,21-23,28,33H,8-11,17-20H2,1-7H3;5-8,16H,4,9,23H2,1-3H3;7-8,11,13,15H,4-6,9-10H2,1-3H3,(H,25,26)/t28-,33?;16-;/m00./s1. The predicted molar refractivity (Wildman–Crippen MR) is 370 cm³/mol. The van der Waals surface area contributed by atoms with Gasteiger partial charge < -0.3 is 39.1 Å². The van der Waals surface area contributed by atoms with Gasteiger partial charge in [-0.2, -0.15) is 13.2 Å². The summed E-state index contributed by atoms with van der Waals surface area (Å²) in [6.45, 7) is 27.1. The number of alkyl halides is 3. The van der Waals surface area contributed by atoms with Crippen LogP contribution in [0.3, 0.4) is 0 Å². The number of ketones is 1. The Morgan fingerprint density at radius 2 is 1.04 bits per heavy atom. The molecular weight excluding hydrogens is 1330 g/mol. The molecule has 2 fully saturated rings. The number of aromatic nitrogens is 2. The number of hydrogen-bond donors (Lipinski definition) is 2. The number of benzene rings is 4. The van der Waals surface area contributed by atoms with Crippen LogP contribution in [-0.4, -0.2) is 113 Å². The lowest BCUT2D eigenvalue weighted by atomic mass is 9.84. The number of pyridine rings is 2. The number of methoxy groups -OCH3 is 1. The lowest BCUT2D eigenvalue weighted by Gasteiger charge is -2.38. The fourth-order valence-electron chi connectivity index (χ4n) is 12.9. The summed E-state index contributed by atoms with van der Waals surface area (Å²) in [5, 5.41) is 9.17. The van der Waals surface area contributed by atoms with E-state index in [1.807, 2.05) is 31.9 Å². The SMILES string of the molecule is CCOC(=O)C[C@H](CC(=O)C(CC(C)C)n1cc(CCN2CC(C)C2)c(C)cc1=O)c1cc(-c2c(C)cc(F)cc2C)cc(Cl)c1F.CCOC(=O)C[C@H](N)c1cc(-c2c(C)cc(F)cc2C)cc(Cl)c1F.COC1CN(CCc2cn(C(CC(C)C)C(=O)O)c(=O)cc2C(F)(F)F)C1. The molecule has 0 aliphatic carbocycles. The largest absolute Gasteiger partial charge is 0.480 e. The molecule has 2 aliphatic heterocycles. The number of carboxylic acids is 1. The molecule has 8 rings (SSSR count). The number of carbonyl (C=O) groups is 4. The molecule has 6 aromatic rings. The van der Waals surface area contributed by atoms with Gasteiger partial charge in [0.1, 0.15) is 29.3 Å². The number of carbonyl (C=O) groups excluding carboxylic acids is 3. The van der Waals surface area contributed by atoms with Gasteiger partial charge in [0.15, 0.2) is 5.78 Å². The Morgan fingerprint density at radius 1 is 0.606 bits per heavy atom. The van der Waals surface area contributed by atoms with Gasteiger partial charge in [0.2, 0.25) is 0 Å². The second kappa shape index (κ2) is 35.9. The third-order valence-electron chi connectivity index (χ3n) is 17.8. The van der Waals surface area contributed by atoms with E-state index in [0.717, 1.165) is 53.5 Å². The predicted octanol–water partition coefficient (Wildman–Crippen LogP) is 15.4. The lowest BCUT2D eigenvalue weighted by Crippen LogP contribution is -2.52. The van der Waals surface area contributed by atoms with E-state index in [1.165, 1.54) is 41.0 Å². The monoisotopic (exact) mass is 1430 g/mol. The Labute approximate surface area is 584 Å². The molecule has 0 spiro atoms. The van der Waals surface area contributed by atoms with Crippen LogP contribution in [0.2, 0.25) is 10.0 Å². The number of aliphatic carboxylic acids is 1. The van der Waals surface area contributed by atoms with Gasteiger partial charge in [0.05, 0.1) is 53.8 Å². The summed E-state index contributed by atoms with van der Waals surface area (Å²) in [4.78, 5) is 80.3. The summed E-state index contributed by atoms with van der Waals surface area (Å²) < 4.78 is 116. The quantitative estimate of drug-likeness (QED) is 0.0366. The summed E-state index contributed by atoms with van der Waals surface area (Å²) >= 11 is 12.5. The van der Waals surface area contributed by atoms with Crippen molar-refractivity contribution in [3.63, 3.8) is 0 Å². The van der Waals surface area contributed by atoms with E-state index in [2.05, 4.69) is 11.8 Å². The summed E-state index contributed by atoms with van der Waals surface area (Å²) in [5.41, 5.74) is 11.1. The first-order valence-corrected chi connectivity index (χ1v) is 34.1. The van der Waals surface area contributed by atoms with Crippen molar-refractivity contribution in [2.24, 2.45) is 23.5 Å². The van der Waals surface area contributed by atoms with Crippen molar-refractivity contribution < 1.29 is 69.2 Å². The van der Waals surface area contributed by atoms with Crippen LogP contribution in [0.4, 0.5) is 30.7 Å². The van der Waals surface area contributed by atoms with Crippen molar-refractivity contribution in [1.29, 1.82) is 0 Å². The zero-order chi connectivity index (χ0) is 73.7. The van der Waals surface area contributed by atoms with Crippen molar-refractivity contribution in [1.82, 2.24) is 18.9 Å². The van der Waals surface area contributed by atoms with E-state index in [-0.39, 0.29) is 113 Å². The van der Waals surface area contributed by atoms with E-state index in [0.29, 0.717) is 77.0 Å². The number of halogens is 9. The van der Waals surface area contributed by atoms with Gasteiger partial charge in [0, 0.05) is 94.8 Å². The number of nitrogens with zero attached hydrogens (tertiary/aromatic N) is 4. The van der Waals surface area contributed by atoms with Crippen molar-refractivity contribution in [3.8, 4) is 22.3 Å². The number of Topliss-reactive ketones (excluding diaryl/α,β-unsaturated/α-hetero) is 1. The van der Waals surface area contributed by atoms with E-state index >= 15 is 4.39 Å². The van der Waals surface area contributed by atoms with Crippen LogP contribution in [0.25, 0.3) is 22.3 Å². The van der Waals surface area contributed by atoms with Crippen LogP contribution in [0.1, 0.15) is 160 Å². The summed E-state index contributed by atoms with van der Waals surface area (Å²) in [6.07, 6.45) is -0.959. The molecule has 4 heterocycles. The highest BCUT2D eigenvalue weighted by atomic mass is 35.5. The molecule has 2 saturated heterocycles. The summed E-state index contributed by atoms with van der Waals surface area (Å²) in [7, 11) is 1.58. The van der Waals surface area contributed by atoms with Gasteiger partial charge >= 0.3 is 24.1 Å². The van der Waals surface area contributed by atoms with E-state index in [4.69, 9.17) is 43.1 Å². The van der Waals surface area contributed by atoms with Gasteiger partial charge in [0.25, 0.3) is 11.1 Å².